The van der Waals surface area contributed by atoms with Crippen LogP contribution in [0.2, 0.25) is 0 Å². The first kappa shape index (κ1) is 25.7. The highest BCUT2D eigenvalue weighted by Gasteiger charge is 2.25. The molecule has 0 spiro atoms. The second kappa shape index (κ2) is 18.7. The van der Waals surface area contributed by atoms with Gasteiger partial charge in [-0.2, -0.15) is 0 Å². The molecule has 8 heteroatoms. The number of nitrogens with zero attached hydrogens (tertiary/aromatic N) is 1. The molecule has 1 rings (SSSR count). The van der Waals surface area contributed by atoms with Gasteiger partial charge in [0.05, 0.1) is 106 Å². The normalized spacial score (nSPS) is 16.1. The molecule has 1 fully saturated rings. The molecule has 0 N–H and O–H groups in total. The van der Waals surface area contributed by atoms with Crippen LogP contribution in [0.25, 0.3) is 0 Å². The van der Waals surface area contributed by atoms with Gasteiger partial charge < -0.3 is 37.6 Å². The summed E-state index contributed by atoms with van der Waals surface area (Å²) in [5.74, 6) is 0. The van der Waals surface area contributed by atoms with Crippen molar-refractivity contribution in [3.05, 3.63) is 0 Å². The van der Waals surface area contributed by atoms with Crippen molar-refractivity contribution in [2.75, 3.05) is 120 Å². The number of hydrogen-bond donors (Lipinski definition) is 0. The topological polar surface area (TPSA) is 64.6 Å². The number of likely N-dealkylation sites (tertiary alicyclic amines) is 1. The van der Waals surface area contributed by atoms with Gasteiger partial charge in [-0.3, -0.25) is 0 Å². The summed E-state index contributed by atoms with van der Waals surface area (Å²) in [6.07, 6.45) is 2.70. The van der Waals surface area contributed by atoms with E-state index < -0.39 is 0 Å². The van der Waals surface area contributed by atoms with Gasteiger partial charge >= 0.3 is 0 Å². The highest BCUT2D eigenvalue weighted by Crippen LogP contribution is 2.15. The van der Waals surface area contributed by atoms with E-state index in [2.05, 4.69) is 7.05 Å². The van der Waals surface area contributed by atoms with E-state index in [0.717, 1.165) is 17.6 Å². The minimum absolute atomic E-state index is 0.563. The minimum Gasteiger partial charge on any atom is -0.382 e. The smallest absolute Gasteiger partial charge is 0.102 e. The summed E-state index contributed by atoms with van der Waals surface area (Å²) in [5.41, 5.74) is 0. The van der Waals surface area contributed by atoms with Crippen LogP contribution in [0.4, 0.5) is 0 Å². The van der Waals surface area contributed by atoms with Gasteiger partial charge in [-0.1, -0.05) is 0 Å². The van der Waals surface area contributed by atoms with Crippen LogP contribution in [-0.4, -0.2) is 124 Å². The predicted octanol–water partition coefficient (Wildman–Crippen LogP) is 0.973. The van der Waals surface area contributed by atoms with E-state index in [9.17, 15) is 0 Å². The summed E-state index contributed by atoms with van der Waals surface area (Å²) in [7, 11) is 3.98. The Hall–Kier alpha value is -0.320. The summed E-state index contributed by atoms with van der Waals surface area (Å²) >= 11 is 0. The van der Waals surface area contributed by atoms with Gasteiger partial charge in [0.25, 0.3) is 0 Å². The fourth-order valence-corrected chi connectivity index (χ4v) is 2.95. The number of likely N-dealkylation sites (N-methyl/N-ethyl adjacent to an activating group) is 1. The highest BCUT2D eigenvalue weighted by molar-refractivity contribution is 4.51. The quantitative estimate of drug-likeness (QED) is 0.207. The van der Waals surface area contributed by atoms with Crippen molar-refractivity contribution < 1.29 is 37.6 Å². The third-order valence-electron chi connectivity index (χ3n) is 4.71. The Kier molecular flexibility index (Phi) is 17.2. The van der Waals surface area contributed by atoms with E-state index >= 15 is 0 Å². The lowest BCUT2D eigenvalue weighted by molar-refractivity contribution is -0.898. The molecule has 0 radical (unpaired) electrons. The SMILES string of the molecule is COCCOCCOCCOCCOCCOCCOCC[N+]1(C)CCCC1. The van der Waals surface area contributed by atoms with Gasteiger partial charge in [-0.05, 0) is 0 Å². The average Bonchev–Trinajstić information content (AvgIpc) is 3.13. The molecule has 0 aliphatic carbocycles. The molecule has 168 valence electrons. The van der Waals surface area contributed by atoms with Crippen LogP contribution in [0.5, 0.6) is 0 Å². The van der Waals surface area contributed by atoms with Gasteiger partial charge in [0.2, 0.25) is 0 Å². The van der Waals surface area contributed by atoms with Crippen molar-refractivity contribution >= 4 is 0 Å². The summed E-state index contributed by atoms with van der Waals surface area (Å²) in [4.78, 5) is 0. The molecule has 0 aromatic rings. The molecule has 0 amide bonds. The summed E-state index contributed by atoms with van der Waals surface area (Å²) in [6.45, 7) is 11.6. The van der Waals surface area contributed by atoms with Gasteiger partial charge in [-0.25, -0.2) is 0 Å². The molecule has 1 aliphatic heterocycles. The van der Waals surface area contributed by atoms with Gasteiger partial charge in [-0.15, -0.1) is 0 Å². The molecule has 8 nitrogen and oxygen atoms in total. The van der Waals surface area contributed by atoms with Crippen LogP contribution < -0.4 is 0 Å². The molecular formula is C20H42NO7+. The standard InChI is InChI=1S/C20H42NO7/c1-21(5-3-4-6-21)7-8-23-11-12-25-15-16-27-19-20-28-18-17-26-14-13-24-10-9-22-2/h3-20H2,1-2H3/q+1. The number of quaternary nitrogens is 1. The second-order valence-corrected chi connectivity index (χ2v) is 7.16. The van der Waals surface area contributed by atoms with Gasteiger partial charge in [0.1, 0.15) is 6.54 Å². The lowest BCUT2D eigenvalue weighted by Crippen LogP contribution is -2.43. The Labute approximate surface area is 170 Å². The maximum atomic E-state index is 5.66. The Morgan fingerprint density at radius 1 is 0.500 bits per heavy atom. The Morgan fingerprint density at radius 2 is 0.821 bits per heavy atom. The van der Waals surface area contributed by atoms with Crippen molar-refractivity contribution in [2.24, 2.45) is 0 Å². The molecule has 1 saturated heterocycles. The van der Waals surface area contributed by atoms with E-state index in [0.29, 0.717) is 79.3 Å². The van der Waals surface area contributed by atoms with Gasteiger partial charge in [0, 0.05) is 20.0 Å². The molecule has 0 bridgehead atoms. The zero-order valence-electron chi connectivity index (χ0n) is 18.0. The van der Waals surface area contributed by atoms with Crippen LogP contribution in [0.1, 0.15) is 12.8 Å². The first-order valence-corrected chi connectivity index (χ1v) is 10.6. The first-order chi connectivity index (χ1) is 13.8. The average molecular weight is 409 g/mol. The van der Waals surface area contributed by atoms with E-state index in [1.807, 2.05) is 0 Å². The Bertz CT molecular complexity index is 328. The summed E-state index contributed by atoms with van der Waals surface area (Å²) < 4.78 is 38.8. The summed E-state index contributed by atoms with van der Waals surface area (Å²) in [6, 6.07) is 0. The van der Waals surface area contributed by atoms with E-state index in [4.69, 9.17) is 33.2 Å². The van der Waals surface area contributed by atoms with E-state index in [1.165, 1.54) is 25.9 Å². The minimum atomic E-state index is 0.563. The zero-order chi connectivity index (χ0) is 20.2. The maximum absolute atomic E-state index is 5.66. The largest absolute Gasteiger partial charge is 0.382 e. The van der Waals surface area contributed by atoms with Crippen LogP contribution >= 0.6 is 0 Å². The Morgan fingerprint density at radius 3 is 1.18 bits per heavy atom. The third-order valence-corrected chi connectivity index (χ3v) is 4.71. The monoisotopic (exact) mass is 408 g/mol. The van der Waals surface area contributed by atoms with Crippen LogP contribution in [0.15, 0.2) is 0 Å². The first-order valence-electron chi connectivity index (χ1n) is 10.6. The van der Waals surface area contributed by atoms with E-state index in [1.54, 1.807) is 7.11 Å². The van der Waals surface area contributed by atoms with Crippen molar-refractivity contribution in [3.8, 4) is 0 Å². The van der Waals surface area contributed by atoms with Crippen molar-refractivity contribution in [1.82, 2.24) is 0 Å². The maximum Gasteiger partial charge on any atom is 0.102 e. The van der Waals surface area contributed by atoms with Crippen LogP contribution in [0, 0.1) is 0 Å². The number of ether oxygens (including phenoxy) is 7. The van der Waals surface area contributed by atoms with Crippen molar-refractivity contribution in [3.63, 3.8) is 0 Å². The molecule has 28 heavy (non-hydrogen) atoms. The third kappa shape index (κ3) is 15.6. The lowest BCUT2D eigenvalue weighted by Gasteiger charge is -2.28. The molecule has 0 aromatic heterocycles. The van der Waals surface area contributed by atoms with Gasteiger partial charge in [0.15, 0.2) is 0 Å². The summed E-state index contributed by atoms with van der Waals surface area (Å²) in [5, 5.41) is 0. The lowest BCUT2D eigenvalue weighted by atomic mass is 10.4. The Balaban J connectivity index is 1.66. The highest BCUT2D eigenvalue weighted by atomic mass is 16.6. The number of hydrogen-bond acceptors (Lipinski definition) is 7. The fourth-order valence-electron chi connectivity index (χ4n) is 2.95. The second-order valence-electron chi connectivity index (χ2n) is 7.16. The van der Waals surface area contributed by atoms with Crippen LogP contribution in [0.3, 0.4) is 0 Å². The molecule has 0 atom stereocenters. The fraction of sp³-hybridized carbons (Fsp3) is 1.00. The molecule has 0 saturated carbocycles. The number of rotatable bonds is 21. The molecule has 0 unspecified atom stereocenters. The molecule has 0 aromatic carbocycles. The molecular weight excluding hydrogens is 366 g/mol. The number of methoxy groups -OCH3 is 1. The van der Waals surface area contributed by atoms with Crippen LogP contribution in [-0.2, 0) is 33.2 Å². The van der Waals surface area contributed by atoms with Crippen molar-refractivity contribution in [1.29, 1.82) is 0 Å². The molecule has 1 aliphatic rings. The zero-order valence-corrected chi connectivity index (χ0v) is 18.0. The predicted molar refractivity (Wildman–Crippen MR) is 107 cm³/mol. The van der Waals surface area contributed by atoms with Crippen molar-refractivity contribution in [2.45, 2.75) is 12.8 Å². The molecule has 1 heterocycles. The van der Waals surface area contributed by atoms with E-state index in [-0.39, 0.29) is 0 Å².